The van der Waals surface area contributed by atoms with Gasteiger partial charge in [-0.3, -0.25) is 25.0 Å². The van der Waals surface area contributed by atoms with Gasteiger partial charge in [0.15, 0.2) is 0 Å². The lowest BCUT2D eigenvalue weighted by molar-refractivity contribution is -0.145. The average molecular weight is 449 g/mol. The molecule has 1 aromatic rings. The first-order chi connectivity index (χ1) is 15.1. The highest BCUT2D eigenvalue weighted by atomic mass is 16.5. The van der Waals surface area contributed by atoms with E-state index in [1.54, 1.807) is 5.48 Å². The molecule has 1 heterocycles. The number of rotatable bonds is 11. The van der Waals surface area contributed by atoms with Crippen molar-refractivity contribution in [3.8, 4) is 0 Å². The Bertz CT molecular complexity index is 814. The number of carbonyl (C=O) groups excluding carboxylic acids is 4. The van der Waals surface area contributed by atoms with E-state index in [1.807, 2.05) is 44.2 Å². The van der Waals surface area contributed by atoms with Gasteiger partial charge in [0.1, 0.15) is 6.04 Å². The van der Waals surface area contributed by atoms with Crippen LogP contribution in [0, 0.1) is 17.8 Å². The first-order valence-corrected chi connectivity index (χ1v) is 10.8. The van der Waals surface area contributed by atoms with Gasteiger partial charge in [-0.05, 0) is 44.1 Å². The van der Waals surface area contributed by atoms with Crippen molar-refractivity contribution < 1.29 is 29.5 Å². The summed E-state index contributed by atoms with van der Waals surface area (Å²) >= 11 is 0. The number of hydrogen-bond acceptors (Lipinski definition) is 6. The molecule has 0 radical (unpaired) electrons. The monoisotopic (exact) mass is 448 g/mol. The van der Waals surface area contributed by atoms with Crippen LogP contribution in [-0.4, -0.2) is 51.2 Å². The number of hydrazine groups is 1. The van der Waals surface area contributed by atoms with E-state index in [4.69, 9.17) is 0 Å². The summed E-state index contributed by atoms with van der Waals surface area (Å²) in [5, 5.41) is 21.8. The van der Waals surface area contributed by atoms with Crippen LogP contribution in [0.15, 0.2) is 30.3 Å². The summed E-state index contributed by atoms with van der Waals surface area (Å²) in [7, 11) is 0. The molecule has 0 saturated carbocycles. The number of benzene rings is 1. The predicted molar refractivity (Wildman–Crippen MR) is 115 cm³/mol. The number of aryl methyl sites for hydroxylation is 1. The van der Waals surface area contributed by atoms with Crippen LogP contribution in [0.1, 0.15) is 45.6 Å². The number of amides is 5. The van der Waals surface area contributed by atoms with E-state index in [1.165, 1.54) is 6.92 Å². The molecular formula is C22H32N4O6. The number of nitrogens with one attached hydrogen (secondary N) is 3. The Balaban J connectivity index is 2.15. The van der Waals surface area contributed by atoms with Crippen molar-refractivity contribution in [2.75, 3.05) is 0 Å². The summed E-state index contributed by atoms with van der Waals surface area (Å²) in [6.07, 6.45) is 0.777. The minimum absolute atomic E-state index is 0.0298. The van der Waals surface area contributed by atoms with E-state index in [9.17, 15) is 29.5 Å². The second kappa shape index (κ2) is 11.6. The van der Waals surface area contributed by atoms with E-state index in [0.717, 1.165) is 5.56 Å². The van der Waals surface area contributed by atoms with Crippen LogP contribution in [0.25, 0.3) is 0 Å². The van der Waals surface area contributed by atoms with Crippen LogP contribution in [0.5, 0.6) is 0 Å². The molecule has 5 N–H and O–H groups in total. The van der Waals surface area contributed by atoms with Crippen molar-refractivity contribution in [3.63, 3.8) is 0 Å². The smallest absolute Gasteiger partial charge is 0.344 e. The first kappa shape index (κ1) is 25.3. The lowest BCUT2D eigenvalue weighted by Gasteiger charge is -2.27. The van der Waals surface area contributed by atoms with Crippen molar-refractivity contribution in [2.24, 2.45) is 17.8 Å². The Labute approximate surface area is 187 Å². The molecule has 10 heteroatoms. The van der Waals surface area contributed by atoms with Gasteiger partial charge in [0.2, 0.25) is 11.8 Å². The van der Waals surface area contributed by atoms with Gasteiger partial charge in [-0.15, -0.1) is 0 Å². The minimum Gasteiger partial charge on any atom is -0.391 e. The number of carbonyl (C=O) groups is 4. The lowest BCUT2D eigenvalue weighted by Crippen LogP contribution is -2.52. The van der Waals surface area contributed by atoms with Crippen LogP contribution >= 0.6 is 0 Å². The highest BCUT2D eigenvalue weighted by Gasteiger charge is 2.43. The van der Waals surface area contributed by atoms with Crippen LogP contribution in [0.4, 0.5) is 4.79 Å². The standard InChI is InChI=1S/C22H32N4O6/c1-13(2)12-17(19(28)24-26-21(30)18(14(3)27)23-22(26)31)16(20(29)25-32)11-7-10-15-8-5-4-6-9-15/h4-6,8-9,13-14,16-18,27,32H,7,10-12H2,1-3H3,(H,23,31)(H,24,28)(H,25,29)/t14-,16+,17-,18?/m1/s1. The highest BCUT2D eigenvalue weighted by molar-refractivity contribution is 6.05. The first-order valence-electron chi connectivity index (χ1n) is 10.8. The third kappa shape index (κ3) is 6.51. The van der Waals surface area contributed by atoms with Crippen LogP contribution in [0.3, 0.4) is 0 Å². The van der Waals surface area contributed by atoms with Gasteiger partial charge in [0.25, 0.3) is 5.91 Å². The predicted octanol–water partition coefficient (Wildman–Crippen LogP) is 1.13. The molecule has 0 aromatic heterocycles. The van der Waals surface area contributed by atoms with E-state index < -0.39 is 47.7 Å². The summed E-state index contributed by atoms with van der Waals surface area (Å²) in [6.45, 7) is 5.12. The Morgan fingerprint density at radius 2 is 1.75 bits per heavy atom. The maximum absolute atomic E-state index is 13.1. The summed E-state index contributed by atoms with van der Waals surface area (Å²) in [5.41, 5.74) is 5.03. The van der Waals surface area contributed by atoms with Crippen molar-refractivity contribution in [1.82, 2.24) is 21.2 Å². The van der Waals surface area contributed by atoms with E-state index >= 15 is 0 Å². The fraction of sp³-hybridized carbons (Fsp3) is 0.545. The van der Waals surface area contributed by atoms with Crippen molar-refractivity contribution in [3.05, 3.63) is 35.9 Å². The number of hydrogen-bond donors (Lipinski definition) is 5. The summed E-state index contributed by atoms with van der Waals surface area (Å²) in [6, 6.07) is 7.66. The molecule has 176 valence electrons. The second-order valence-electron chi connectivity index (χ2n) is 8.51. The van der Waals surface area contributed by atoms with E-state index in [-0.39, 0.29) is 5.92 Å². The lowest BCUT2D eigenvalue weighted by atomic mass is 9.81. The molecule has 2 rings (SSSR count). The zero-order chi connectivity index (χ0) is 23.8. The number of imide groups is 1. The van der Waals surface area contributed by atoms with Crippen molar-refractivity contribution >= 4 is 23.8 Å². The molecule has 1 unspecified atom stereocenters. The van der Waals surface area contributed by atoms with Crippen LogP contribution in [-0.2, 0) is 20.8 Å². The molecule has 32 heavy (non-hydrogen) atoms. The third-order valence-electron chi connectivity index (χ3n) is 5.49. The van der Waals surface area contributed by atoms with Crippen molar-refractivity contribution in [1.29, 1.82) is 0 Å². The Kier molecular flexibility index (Phi) is 9.15. The normalized spacial score (nSPS) is 18.8. The van der Waals surface area contributed by atoms with E-state index in [2.05, 4.69) is 10.7 Å². The quantitative estimate of drug-likeness (QED) is 0.195. The van der Waals surface area contributed by atoms with Gasteiger partial charge in [-0.1, -0.05) is 44.2 Å². The van der Waals surface area contributed by atoms with Crippen LogP contribution < -0.4 is 16.2 Å². The fourth-order valence-electron chi connectivity index (χ4n) is 3.85. The largest absolute Gasteiger partial charge is 0.391 e. The molecule has 1 aromatic carbocycles. The molecular weight excluding hydrogens is 416 g/mol. The van der Waals surface area contributed by atoms with Crippen LogP contribution in [0.2, 0.25) is 0 Å². The zero-order valence-electron chi connectivity index (χ0n) is 18.6. The number of urea groups is 1. The summed E-state index contributed by atoms with van der Waals surface area (Å²) in [5.74, 6) is -3.88. The molecule has 5 amide bonds. The second-order valence-corrected chi connectivity index (χ2v) is 8.51. The van der Waals surface area contributed by atoms with Gasteiger partial charge in [0.05, 0.1) is 17.9 Å². The highest BCUT2D eigenvalue weighted by Crippen LogP contribution is 2.27. The maximum atomic E-state index is 13.1. The number of hydroxylamine groups is 1. The summed E-state index contributed by atoms with van der Waals surface area (Å²) < 4.78 is 0. The van der Waals surface area contributed by atoms with Crippen molar-refractivity contribution in [2.45, 2.75) is 58.6 Å². The van der Waals surface area contributed by atoms with E-state index in [0.29, 0.717) is 30.7 Å². The molecule has 10 nitrogen and oxygen atoms in total. The molecule has 1 aliphatic rings. The number of aliphatic hydroxyl groups excluding tert-OH is 1. The third-order valence-corrected chi connectivity index (χ3v) is 5.49. The van der Waals surface area contributed by atoms with Gasteiger partial charge in [-0.25, -0.2) is 10.3 Å². The Hall–Kier alpha value is -2.98. The molecule has 0 aliphatic carbocycles. The summed E-state index contributed by atoms with van der Waals surface area (Å²) in [4.78, 5) is 50.0. The molecule has 0 bridgehead atoms. The fourth-order valence-corrected chi connectivity index (χ4v) is 3.85. The van der Waals surface area contributed by atoms with Gasteiger partial charge < -0.3 is 10.4 Å². The zero-order valence-corrected chi connectivity index (χ0v) is 18.6. The van der Waals surface area contributed by atoms with Gasteiger partial charge in [-0.2, -0.15) is 5.01 Å². The molecule has 4 atom stereocenters. The number of nitrogens with zero attached hydrogens (tertiary/aromatic N) is 1. The molecule has 0 spiro atoms. The Morgan fingerprint density at radius 1 is 1.09 bits per heavy atom. The average Bonchev–Trinajstić information content (AvgIpc) is 3.04. The van der Waals surface area contributed by atoms with Gasteiger partial charge >= 0.3 is 6.03 Å². The molecule has 1 aliphatic heterocycles. The topological polar surface area (TPSA) is 148 Å². The minimum atomic E-state index is -1.16. The number of aliphatic hydroxyl groups is 1. The van der Waals surface area contributed by atoms with Gasteiger partial charge in [0, 0.05) is 0 Å². The SMILES string of the molecule is CC(C)C[C@@H](C(=O)NN1C(=O)NC([C@@H](C)O)C1=O)[C@H](CCCc1ccccc1)C(=O)NO. The molecule has 1 saturated heterocycles. The Morgan fingerprint density at radius 3 is 2.28 bits per heavy atom. The maximum Gasteiger partial charge on any atom is 0.344 e. The molecule has 1 fully saturated rings.